The Morgan fingerprint density at radius 2 is 0.873 bits per heavy atom. The van der Waals surface area contributed by atoms with Crippen molar-refractivity contribution in [3.8, 4) is 24.0 Å². The maximum absolute atomic E-state index is 13.3. The van der Waals surface area contributed by atoms with Gasteiger partial charge in [-0.05, 0) is 174 Å². The number of aromatic nitrogens is 6. The van der Waals surface area contributed by atoms with Gasteiger partial charge in [-0.3, -0.25) is 74.1 Å². The second-order valence-electron chi connectivity index (χ2n) is 31.5. The Morgan fingerprint density at radius 1 is 0.466 bits per heavy atom. The number of piperazine rings is 3. The molecule has 6 aromatic rings. The van der Waals surface area contributed by atoms with E-state index >= 15 is 0 Å². The highest BCUT2D eigenvalue weighted by atomic mass is 16.5. The second kappa shape index (κ2) is 38.1. The minimum absolute atomic E-state index is 0.0522. The molecule has 0 radical (unpaired) electrons. The third-order valence-electron chi connectivity index (χ3n) is 23.2. The van der Waals surface area contributed by atoms with Crippen molar-refractivity contribution in [3.63, 3.8) is 0 Å². The number of hydrogen-bond donors (Lipinski definition) is 3. The Balaban J connectivity index is 0.000000145. The SMILES string of the molecule is CN1CC(N2CCN(Cc3cc4c(nc3C=O)N(C(=O)Nc3cc(OC5CC5)c(C#N)cn3)CCC4)C(=O)C2)C1.COCCCc1cc(NC(=O)N2CCCc3cc(CN4CC5CCCN5CC4=O)c(C=O)nc32)ncc1C#N.COCCCc1cc(NC(=O)N2CCCc3cc(CN4CCN(C5CC5)CC4=O)c(C=O)nc32)ncc1C#N. The largest absolute Gasteiger partial charge is 0.489 e. The van der Waals surface area contributed by atoms with E-state index in [2.05, 4.69) is 90.7 Å². The number of nitrogens with one attached hydrogen (secondary N) is 3. The molecule has 2 saturated carbocycles. The summed E-state index contributed by atoms with van der Waals surface area (Å²) < 4.78 is 16.0. The van der Waals surface area contributed by atoms with E-state index in [4.69, 9.17) is 14.2 Å². The van der Waals surface area contributed by atoms with Gasteiger partial charge in [0.2, 0.25) is 17.7 Å². The van der Waals surface area contributed by atoms with Gasteiger partial charge in [-0.15, -0.1) is 0 Å². The van der Waals surface area contributed by atoms with Crippen LogP contribution < -0.4 is 35.4 Å². The first kappa shape index (κ1) is 82.7. The highest BCUT2D eigenvalue weighted by Gasteiger charge is 2.40. The third-order valence-corrected chi connectivity index (χ3v) is 23.2. The summed E-state index contributed by atoms with van der Waals surface area (Å²) in [6.45, 7) is 11.2. The number of hydrogen-bond acceptors (Lipinski definition) is 25. The normalized spacial score (nSPS) is 18.8. The van der Waals surface area contributed by atoms with Crippen molar-refractivity contribution < 1.29 is 57.4 Å². The maximum Gasteiger partial charge on any atom is 0.328 e. The van der Waals surface area contributed by atoms with Crippen LogP contribution >= 0.6 is 0 Å². The zero-order valence-electron chi connectivity index (χ0n) is 66.9. The molecule has 1 unspecified atom stereocenters. The number of aldehydes is 3. The molecule has 118 heavy (non-hydrogen) atoms. The quantitative estimate of drug-likeness (QED) is 0.0418. The van der Waals surface area contributed by atoms with E-state index in [1.807, 2.05) is 23.1 Å². The standard InChI is InChI=1S/C28H32N8O4.2C28H33N7O4/c1-33-14-21(15-33)34-7-8-35(26(38)16-34)13-19-9-18-3-2-6-36(27(18)31-23(19)17-37)28(39)32-25-10-24(40-22-4-5-22)20(11-29)12-30-25;1-39-10-4-6-19-12-25(30-14-22(19)13-29)32-28(38)35-9-2-5-20-11-21(24(18-36)31-27(20)35)15-34-16-23-7-3-8-33(23)17-26(34)37;1-39-11-3-5-19-13-25(30-15-22(19)14-29)32-28(38)35-8-2-4-20-12-21(24(18-36)31-27(20)35)16-34-10-9-33(17-26(34)37)23-6-7-23/h9-10,12,17,21-22H,2-8,13-16H2,1H3,(H,30,32,39);11-12,14,18,23H,2-10,15-17H2,1H3,(H,30,32,38);12-13,15,18,23H,2-11,16-17H2,1H3,(H,30,32,38). The van der Waals surface area contributed by atoms with Gasteiger partial charge in [-0.2, -0.15) is 15.8 Å². The van der Waals surface area contributed by atoms with Gasteiger partial charge in [0, 0.05) is 166 Å². The molecule has 6 aromatic heterocycles. The lowest BCUT2D eigenvalue weighted by Crippen LogP contribution is -2.63. The summed E-state index contributed by atoms with van der Waals surface area (Å²) in [7, 11) is 5.33. The average molecular weight is 1610 g/mol. The molecule has 0 aromatic carbocycles. The summed E-state index contributed by atoms with van der Waals surface area (Å²) in [4.78, 5) is 160. The number of fused-ring (bicyclic) bond motifs is 4. The average Bonchev–Trinajstić information content (AvgIpc) is 1.31. The number of nitrogens with zero attached hydrogens (tertiary/aromatic N) is 19. The second-order valence-corrected chi connectivity index (χ2v) is 31.5. The van der Waals surface area contributed by atoms with Crippen LogP contribution in [0.15, 0.2) is 55.0 Å². The zero-order chi connectivity index (χ0) is 82.5. The van der Waals surface area contributed by atoms with Crippen molar-refractivity contribution >= 4 is 89.6 Å². The van der Waals surface area contributed by atoms with E-state index in [0.717, 1.165) is 144 Å². The predicted molar refractivity (Wildman–Crippen MR) is 432 cm³/mol. The van der Waals surface area contributed by atoms with Crippen molar-refractivity contribution in [2.45, 2.75) is 147 Å². The van der Waals surface area contributed by atoms with Crippen LogP contribution in [0.4, 0.5) is 49.3 Å². The smallest absolute Gasteiger partial charge is 0.328 e. The molecule has 2 aliphatic carbocycles. The van der Waals surface area contributed by atoms with Crippen LogP contribution in [-0.4, -0.2) is 269 Å². The van der Waals surface area contributed by atoms with Crippen molar-refractivity contribution in [2.24, 2.45) is 0 Å². The molecule has 34 heteroatoms. The van der Waals surface area contributed by atoms with E-state index in [0.29, 0.717) is 216 Å². The van der Waals surface area contributed by atoms with E-state index in [1.165, 1.54) is 33.3 Å². The lowest BCUT2D eigenvalue weighted by Gasteiger charge is -2.46. The molecule has 3 N–H and O–H groups in total. The lowest BCUT2D eigenvalue weighted by molar-refractivity contribution is -0.139. The Labute approximate surface area is 684 Å². The fraction of sp³-hybridized carbons (Fsp3) is 0.500. The molecular formula is C84H98N22O12. The van der Waals surface area contributed by atoms with Gasteiger partial charge in [0.1, 0.15) is 81.5 Å². The van der Waals surface area contributed by atoms with Crippen LogP contribution in [0.3, 0.4) is 0 Å². The molecule has 0 bridgehead atoms. The number of carbonyl (C=O) groups excluding carboxylic acids is 9. The highest BCUT2D eigenvalue weighted by Crippen LogP contribution is 2.36. The highest BCUT2D eigenvalue weighted by molar-refractivity contribution is 6.04. The number of urea groups is 3. The van der Waals surface area contributed by atoms with Gasteiger partial charge < -0.3 is 33.8 Å². The van der Waals surface area contributed by atoms with Crippen LogP contribution in [0.1, 0.15) is 163 Å². The number of likely N-dealkylation sites (tertiary alicyclic amines) is 1. The molecule has 9 amide bonds. The van der Waals surface area contributed by atoms with Crippen LogP contribution in [0.2, 0.25) is 0 Å². The predicted octanol–water partition coefficient (Wildman–Crippen LogP) is 6.71. The third kappa shape index (κ3) is 19.7. The first-order valence-corrected chi connectivity index (χ1v) is 40.7. The summed E-state index contributed by atoms with van der Waals surface area (Å²) in [6, 6.07) is 17.2. The molecular weight excluding hydrogens is 1510 g/mol. The summed E-state index contributed by atoms with van der Waals surface area (Å²) in [5.74, 6) is 2.87. The molecule has 616 valence electrons. The Bertz CT molecular complexity index is 4950. The number of nitriles is 3. The minimum Gasteiger partial charge on any atom is -0.489 e. The monoisotopic (exact) mass is 1610 g/mol. The maximum atomic E-state index is 13.3. The first-order chi connectivity index (χ1) is 57.4. The Morgan fingerprint density at radius 3 is 1.27 bits per heavy atom. The number of carbonyl (C=O) groups is 9. The van der Waals surface area contributed by atoms with Gasteiger partial charge in [-0.25, -0.2) is 44.3 Å². The van der Waals surface area contributed by atoms with Crippen molar-refractivity contribution in [2.75, 3.05) is 157 Å². The van der Waals surface area contributed by atoms with E-state index in [1.54, 1.807) is 42.2 Å². The molecule has 34 nitrogen and oxygen atoms in total. The number of pyridine rings is 6. The minimum atomic E-state index is -0.430. The van der Waals surface area contributed by atoms with E-state index < -0.39 is 18.1 Å². The van der Waals surface area contributed by atoms with Gasteiger partial charge in [-0.1, -0.05) is 0 Å². The van der Waals surface area contributed by atoms with Gasteiger partial charge >= 0.3 is 18.1 Å². The van der Waals surface area contributed by atoms with Gasteiger partial charge in [0.25, 0.3) is 0 Å². The van der Waals surface area contributed by atoms with E-state index in [-0.39, 0.29) is 46.7 Å². The molecule has 1 atom stereocenters. The zero-order valence-corrected chi connectivity index (χ0v) is 66.9. The van der Waals surface area contributed by atoms with Crippen LogP contribution in [-0.2, 0) is 75.6 Å². The molecule has 8 aliphatic heterocycles. The lowest BCUT2D eigenvalue weighted by atomic mass is 10.0. The molecule has 16 rings (SSSR count). The van der Waals surface area contributed by atoms with Crippen LogP contribution in [0, 0.1) is 34.0 Å². The van der Waals surface area contributed by atoms with Crippen LogP contribution in [0.25, 0.3) is 0 Å². The number of aryl methyl sites for hydroxylation is 5. The van der Waals surface area contributed by atoms with Gasteiger partial charge in [0.15, 0.2) is 18.9 Å². The molecule has 5 saturated heterocycles. The molecule has 7 fully saturated rings. The fourth-order valence-corrected chi connectivity index (χ4v) is 16.6. The first-order valence-electron chi connectivity index (χ1n) is 40.7. The number of ether oxygens (including phenoxy) is 3. The Kier molecular flexibility index (Phi) is 26.7. The summed E-state index contributed by atoms with van der Waals surface area (Å²) in [6.07, 6.45) is 20.0. The van der Waals surface area contributed by atoms with Crippen LogP contribution in [0.5, 0.6) is 5.75 Å². The summed E-state index contributed by atoms with van der Waals surface area (Å²) >= 11 is 0. The number of likely N-dealkylation sites (N-methyl/N-ethyl adjacent to an activating group) is 1. The fourth-order valence-electron chi connectivity index (χ4n) is 16.6. The number of amides is 9. The number of methoxy groups -OCH3 is 2. The molecule has 0 spiro atoms. The summed E-state index contributed by atoms with van der Waals surface area (Å²) in [5, 5.41) is 36.6. The molecule has 10 aliphatic rings. The van der Waals surface area contributed by atoms with Crippen molar-refractivity contribution in [3.05, 3.63) is 133 Å². The Hall–Kier alpha value is -11.8. The van der Waals surface area contributed by atoms with Crippen molar-refractivity contribution in [1.29, 1.82) is 15.8 Å². The summed E-state index contributed by atoms with van der Waals surface area (Å²) in [5.41, 5.74) is 8.23. The van der Waals surface area contributed by atoms with Gasteiger partial charge in [0.05, 0.1) is 43.1 Å². The topological polar surface area (TPSA) is 399 Å². The van der Waals surface area contributed by atoms with Crippen molar-refractivity contribution in [1.82, 2.24) is 64.2 Å². The number of anilines is 6. The number of rotatable bonds is 24. The van der Waals surface area contributed by atoms with E-state index in [9.17, 15) is 58.9 Å². The molecule has 14 heterocycles.